The molecule has 1 fully saturated rings. The molecule has 0 aromatic rings. The first-order chi connectivity index (χ1) is 7.25. The fourth-order valence-corrected chi connectivity index (χ4v) is 2.23. The summed E-state index contributed by atoms with van der Waals surface area (Å²) < 4.78 is 0. The molecule has 2 rings (SSSR count). The molecule has 1 heterocycles. The number of carbonyl (C=O) groups excluding carboxylic acids is 2. The summed E-state index contributed by atoms with van der Waals surface area (Å²) in [4.78, 5) is 24.3. The predicted molar refractivity (Wildman–Crippen MR) is 57.4 cm³/mol. The zero-order chi connectivity index (χ0) is 10.7. The highest BCUT2D eigenvalue weighted by atomic mass is 16.2. The van der Waals surface area contributed by atoms with E-state index in [-0.39, 0.29) is 18.1 Å². The Morgan fingerprint density at radius 2 is 2.13 bits per heavy atom. The minimum atomic E-state index is 0.0184. The Kier molecular flexibility index (Phi) is 3.19. The summed E-state index contributed by atoms with van der Waals surface area (Å²) in [5.74, 6) is 0.112. The number of allylic oxidation sites excluding steroid dienone is 1. The highest BCUT2D eigenvalue weighted by molar-refractivity contribution is 6.00. The number of rotatable bonds is 3. The van der Waals surface area contributed by atoms with Crippen LogP contribution >= 0.6 is 0 Å². The Morgan fingerprint density at radius 1 is 1.27 bits per heavy atom. The molecule has 0 saturated carbocycles. The SMILES string of the molecule is O=C1CCN(CCC2=CCCC2)C(=O)C1. The second kappa shape index (κ2) is 4.60. The van der Waals surface area contributed by atoms with E-state index in [0.717, 1.165) is 13.0 Å². The number of hydrogen-bond donors (Lipinski definition) is 0. The molecule has 1 aliphatic carbocycles. The molecular weight excluding hydrogens is 190 g/mol. The number of Topliss-reactive ketones (excluding diaryl/α,β-unsaturated/α-hetero) is 1. The highest BCUT2D eigenvalue weighted by Crippen LogP contribution is 2.21. The third-order valence-corrected chi connectivity index (χ3v) is 3.20. The third-order valence-electron chi connectivity index (χ3n) is 3.20. The van der Waals surface area contributed by atoms with Crippen LogP contribution < -0.4 is 0 Å². The number of hydrogen-bond acceptors (Lipinski definition) is 2. The minimum absolute atomic E-state index is 0.0184. The van der Waals surface area contributed by atoms with Gasteiger partial charge in [0, 0.05) is 19.5 Å². The first kappa shape index (κ1) is 10.4. The lowest BCUT2D eigenvalue weighted by molar-refractivity contribution is -0.139. The van der Waals surface area contributed by atoms with E-state index >= 15 is 0 Å². The van der Waals surface area contributed by atoms with Crippen molar-refractivity contribution in [2.45, 2.75) is 38.5 Å². The summed E-state index contributed by atoms with van der Waals surface area (Å²) in [6.07, 6.45) is 7.62. The summed E-state index contributed by atoms with van der Waals surface area (Å²) in [6, 6.07) is 0. The first-order valence-electron chi connectivity index (χ1n) is 5.73. The van der Waals surface area contributed by atoms with Gasteiger partial charge in [0.05, 0.1) is 6.42 Å². The Balaban J connectivity index is 1.79. The van der Waals surface area contributed by atoms with Crippen molar-refractivity contribution in [1.29, 1.82) is 0 Å². The molecule has 1 saturated heterocycles. The molecule has 82 valence electrons. The smallest absolute Gasteiger partial charge is 0.230 e. The van der Waals surface area contributed by atoms with E-state index in [0.29, 0.717) is 13.0 Å². The number of likely N-dealkylation sites (tertiary alicyclic amines) is 1. The lowest BCUT2D eigenvalue weighted by atomic mass is 10.1. The molecule has 15 heavy (non-hydrogen) atoms. The zero-order valence-electron chi connectivity index (χ0n) is 9.00. The van der Waals surface area contributed by atoms with Crippen LogP contribution in [-0.2, 0) is 9.59 Å². The van der Waals surface area contributed by atoms with Crippen LogP contribution in [0.3, 0.4) is 0 Å². The fourth-order valence-electron chi connectivity index (χ4n) is 2.23. The summed E-state index contributed by atoms with van der Waals surface area (Å²) in [7, 11) is 0. The summed E-state index contributed by atoms with van der Waals surface area (Å²) in [5.41, 5.74) is 1.49. The predicted octanol–water partition coefficient (Wildman–Crippen LogP) is 1.68. The van der Waals surface area contributed by atoms with E-state index in [9.17, 15) is 9.59 Å². The van der Waals surface area contributed by atoms with Gasteiger partial charge in [-0.2, -0.15) is 0 Å². The van der Waals surface area contributed by atoms with Gasteiger partial charge >= 0.3 is 0 Å². The van der Waals surface area contributed by atoms with E-state index < -0.39 is 0 Å². The van der Waals surface area contributed by atoms with Crippen LogP contribution in [-0.4, -0.2) is 29.7 Å². The van der Waals surface area contributed by atoms with Crippen LogP contribution in [0.4, 0.5) is 0 Å². The second-order valence-electron chi connectivity index (χ2n) is 4.35. The normalized spacial score (nSPS) is 22.1. The van der Waals surface area contributed by atoms with Crippen molar-refractivity contribution in [1.82, 2.24) is 4.90 Å². The van der Waals surface area contributed by atoms with Gasteiger partial charge in [-0.25, -0.2) is 0 Å². The number of nitrogens with zero attached hydrogens (tertiary/aromatic N) is 1. The molecule has 1 amide bonds. The zero-order valence-corrected chi connectivity index (χ0v) is 9.00. The van der Waals surface area contributed by atoms with Gasteiger partial charge in [0.1, 0.15) is 5.78 Å². The Bertz CT molecular complexity index is 307. The molecule has 0 unspecified atom stereocenters. The lowest BCUT2D eigenvalue weighted by Crippen LogP contribution is -2.39. The average molecular weight is 207 g/mol. The Hall–Kier alpha value is -1.12. The summed E-state index contributed by atoms with van der Waals surface area (Å²) >= 11 is 0. The molecule has 0 aromatic heterocycles. The summed E-state index contributed by atoms with van der Waals surface area (Å²) in [5, 5.41) is 0. The van der Waals surface area contributed by atoms with Crippen LogP contribution in [0.15, 0.2) is 11.6 Å². The van der Waals surface area contributed by atoms with E-state index in [2.05, 4.69) is 6.08 Å². The molecule has 0 radical (unpaired) electrons. The van der Waals surface area contributed by atoms with Gasteiger partial charge < -0.3 is 4.90 Å². The monoisotopic (exact) mass is 207 g/mol. The van der Waals surface area contributed by atoms with Crippen molar-refractivity contribution < 1.29 is 9.59 Å². The van der Waals surface area contributed by atoms with Crippen LogP contribution in [0.1, 0.15) is 38.5 Å². The Labute approximate surface area is 90.1 Å². The molecule has 3 nitrogen and oxygen atoms in total. The van der Waals surface area contributed by atoms with E-state index in [1.807, 2.05) is 4.90 Å². The van der Waals surface area contributed by atoms with E-state index in [4.69, 9.17) is 0 Å². The molecule has 0 N–H and O–H groups in total. The molecule has 0 bridgehead atoms. The van der Waals surface area contributed by atoms with Gasteiger partial charge in [-0.1, -0.05) is 11.6 Å². The molecular formula is C12H17NO2. The molecule has 1 aliphatic heterocycles. The largest absolute Gasteiger partial charge is 0.342 e. The number of ketones is 1. The number of carbonyl (C=O) groups is 2. The molecule has 0 spiro atoms. The van der Waals surface area contributed by atoms with E-state index in [1.165, 1.54) is 24.8 Å². The molecule has 0 atom stereocenters. The van der Waals surface area contributed by atoms with Gasteiger partial charge in [0.15, 0.2) is 0 Å². The van der Waals surface area contributed by atoms with Crippen LogP contribution in [0.5, 0.6) is 0 Å². The maximum absolute atomic E-state index is 11.5. The maximum atomic E-state index is 11.5. The van der Waals surface area contributed by atoms with Gasteiger partial charge in [0.2, 0.25) is 5.91 Å². The standard InChI is InChI=1S/C12H17NO2/c14-11-6-8-13(12(15)9-11)7-5-10-3-1-2-4-10/h3H,1-2,4-9H2. The van der Waals surface area contributed by atoms with Crippen LogP contribution in [0.2, 0.25) is 0 Å². The van der Waals surface area contributed by atoms with Gasteiger partial charge in [0.25, 0.3) is 0 Å². The quantitative estimate of drug-likeness (QED) is 0.521. The third kappa shape index (κ3) is 2.67. The van der Waals surface area contributed by atoms with Gasteiger partial charge in [-0.05, 0) is 25.7 Å². The van der Waals surface area contributed by atoms with Crippen molar-refractivity contribution in [3.63, 3.8) is 0 Å². The van der Waals surface area contributed by atoms with Crippen LogP contribution in [0, 0.1) is 0 Å². The topological polar surface area (TPSA) is 37.4 Å². The molecule has 0 aromatic carbocycles. The molecule has 3 heteroatoms. The van der Waals surface area contributed by atoms with Crippen molar-refractivity contribution >= 4 is 11.7 Å². The number of piperidine rings is 1. The lowest BCUT2D eigenvalue weighted by Gasteiger charge is -2.26. The average Bonchev–Trinajstić information content (AvgIpc) is 2.69. The van der Waals surface area contributed by atoms with Gasteiger partial charge in [-0.3, -0.25) is 9.59 Å². The fraction of sp³-hybridized carbons (Fsp3) is 0.667. The van der Waals surface area contributed by atoms with Crippen molar-refractivity contribution in [2.75, 3.05) is 13.1 Å². The van der Waals surface area contributed by atoms with Crippen molar-refractivity contribution in [3.8, 4) is 0 Å². The number of amides is 1. The Morgan fingerprint density at radius 3 is 2.80 bits per heavy atom. The molecule has 2 aliphatic rings. The van der Waals surface area contributed by atoms with Gasteiger partial charge in [-0.15, -0.1) is 0 Å². The second-order valence-corrected chi connectivity index (χ2v) is 4.35. The highest BCUT2D eigenvalue weighted by Gasteiger charge is 2.23. The van der Waals surface area contributed by atoms with E-state index in [1.54, 1.807) is 0 Å². The summed E-state index contributed by atoms with van der Waals surface area (Å²) in [6.45, 7) is 1.43. The van der Waals surface area contributed by atoms with Crippen molar-refractivity contribution in [2.24, 2.45) is 0 Å². The maximum Gasteiger partial charge on any atom is 0.230 e. The van der Waals surface area contributed by atoms with Crippen molar-refractivity contribution in [3.05, 3.63) is 11.6 Å². The minimum Gasteiger partial charge on any atom is -0.342 e. The van der Waals surface area contributed by atoms with Crippen LogP contribution in [0.25, 0.3) is 0 Å². The first-order valence-corrected chi connectivity index (χ1v) is 5.73.